The first-order valence-electron chi connectivity index (χ1n) is 6.09. The van der Waals surface area contributed by atoms with Crippen molar-refractivity contribution in [3.8, 4) is 0 Å². The number of nitrogens with zero attached hydrogens (tertiary/aromatic N) is 2. The molecule has 0 aliphatic carbocycles. The van der Waals surface area contributed by atoms with Crippen LogP contribution in [-0.2, 0) is 0 Å². The number of hydrogen-bond acceptors (Lipinski definition) is 4. The number of carbonyl (C=O) groups excluding carboxylic acids is 1. The minimum Gasteiger partial charge on any atom is -0.339 e. The first-order valence-corrected chi connectivity index (χ1v) is 6.09. The van der Waals surface area contributed by atoms with E-state index in [2.05, 4.69) is 24.3 Å². The predicted octanol–water partition coefficient (Wildman–Crippen LogP) is 1.79. The van der Waals surface area contributed by atoms with Crippen molar-refractivity contribution < 1.29 is 4.79 Å². The Morgan fingerprint density at radius 2 is 2.06 bits per heavy atom. The van der Waals surface area contributed by atoms with Gasteiger partial charge in [0.05, 0.1) is 11.3 Å². The highest BCUT2D eigenvalue weighted by atomic mass is 16.2. The quantitative estimate of drug-likeness (QED) is 0.631. The third-order valence-electron chi connectivity index (χ3n) is 3.32. The molecule has 3 N–H and O–H groups in total. The molecule has 1 rings (SSSR count). The second-order valence-corrected chi connectivity index (χ2v) is 4.92. The Labute approximate surface area is 108 Å². The van der Waals surface area contributed by atoms with Gasteiger partial charge in [-0.3, -0.25) is 15.6 Å². The summed E-state index contributed by atoms with van der Waals surface area (Å²) in [5, 5.41) is 0. The van der Waals surface area contributed by atoms with Gasteiger partial charge in [-0.25, -0.2) is 0 Å². The first kappa shape index (κ1) is 14.4. The standard InChI is InChI=1S/C13H22N4O/c1-8(2)10(4)17(5)13(18)11-7-15-9(3)6-12(11)16-14/h6-8,10H,14H2,1-5H3,(H,15,16). The number of aromatic nitrogens is 1. The van der Waals surface area contributed by atoms with Crippen LogP contribution in [0.2, 0.25) is 0 Å². The van der Waals surface area contributed by atoms with E-state index in [4.69, 9.17) is 5.84 Å². The normalized spacial score (nSPS) is 12.4. The molecular weight excluding hydrogens is 228 g/mol. The van der Waals surface area contributed by atoms with Crippen LogP contribution in [0, 0.1) is 12.8 Å². The molecule has 0 fully saturated rings. The molecule has 5 nitrogen and oxygen atoms in total. The fraction of sp³-hybridized carbons (Fsp3) is 0.538. The number of hydrogen-bond donors (Lipinski definition) is 2. The zero-order chi connectivity index (χ0) is 13.9. The van der Waals surface area contributed by atoms with Crippen molar-refractivity contribution in [1.82, 2.24) is 9.88 Å². The molecule has 1 heterocycles. The molecule has 0 aromatic carbocycles. The number of nitrogens with two attached hydrogens (primary N) is 1. The average Bonchev–Trinajstić information content (AvgIpc) is 2.35. The molecule has 1 aromatic rings. The van der Waals surface area contributed by atoms with Gasteiger partial charge in [-0.15, -0.1) is 0 Å². The monoisotopic (exact) mass is 250 g/mol. The molecule has 1 aromatic heterocycles. The van der Waals surface area contributed by atoms with Gasteiger partial charge in [0.25, 0.3) is 5.91 Å². The van der Waals surface area contributed by atoms with Crippen molar-refractivity contribution >= 4 is 11.6 Å². The number of amides is 1. The Morgan fingerprint density at radius 1 is 1.44 bits per heavy atom. The minimum absolute atomic E-state index is 0.0725. The highest BCUT2D eigenvalue weighted by Crippen LogP contribution is 2.19. The van der Waals surface area contributed by atoms with Gasteiger partial charge in [0.15, 0.2) is 0 Å². The summed E-state index contributed by atoms with van der Waals surface area (Å²) < 4.78 is 0. The van der Waals surface area contributed by atoms with Crippen LogP contribution in [0.15, 0.2) is 12.3 Å². The predicted molar refractivity (Wildman–Crippen MR) is 73.2 cm³/mol. The lowest BCUT2D eigenvalue weighted by Gasteiger charge is -2.28. The summed E-state index contributed by atoms with van der Waals surface area (Å²) in [6, 6.07) is 1.92. The molecule has 18 heavy (non-hydrogen) atoms. The number of pyridine rings is 1. The molecular formula is C13H22N4O. The van der Waals surface area contributed by atoms with E-state index in [1.165, 1.54) is 0 Å². The highest BCUT2D eigenvalue weighted by molar-refractivity contribution is 5.99. The van der Waals surface area contributed by atoms with Gasteiger partial charge < -0.3 is 10.3 Å². The maximum absolute atomic E-state index is 12.4. The van der Waals surface area contributed by atoms with Crippen LogP contribution < -0.4 is 11.3 Å². The largest absolute Gasteiger partial charge is 0.339 e. The van der Waals surface area contributed by atoms with E-state index < -0.39 is 0 Å². The van der Waals surface area contributed by atoms with Gasteiger partial charge in [0, 0.05) is 25.0 Å². The van der Waals surface area contributed by atoms with Gasteiger partial charge in [0.2, 0.25) is 0 Å². The lowest BCUT2D eigenvalue weighted by atomic mass is 10.0. The zero-order valence-electron chi connectivity index (χ0n) is 11.7. The van der Waals surface area contributed by atoms with Crippen LogP contribution in [0.25, 0.3) is 0 Å². The number of aryl methyl sites for hydroxylation is 1. The van der Waals surface area contributed by atoms with Crippen LogP contribution in [0.5, 0.6) is 0 Å². The van der Waals surface area contributed by atoms with Crippen molar-refractivity contribution in [1.29, 1.82) is 0 Å². The Bertz CT molecular complexity index is 431. The van der Waals surface area contributed by atoms with Crippen molar-refractivity contribution in [2.45, 2.75) is 33.7 Å². The summed E-state index contributed by atoms with van der Waals surface area (Å²) in [6.07, 6.45) is 1.57. The minimum atomic E-state index is -0.0725. The molecule has 0 saturated heterocycles. The zero-order valence-corrected chi connectivity index (χ0v) is 11.7. The number of anilines is 1. The first-order chi connectivity index (χ1) is 8.38. The molecule has 100 valence electrons. The Morgan fingerprint density at radius 3 is 2.56 bits per heavy atom. The van der Waals surface area contributed by atoms with Crippen molar-refractivity contribution in [2.24, 2.45) is 11.8 Å². The molecule has 0 bridgehead atoms. The van der Waals surface area contributed by atoms with Crippen molar-refractivity contribution in [2.75, 3.05) is 12.5 Å². The van der Waals surface area contributed by atoms with E-state index in [-0.39, 0.29) is 11.9 Å². The third kappa shape index (κ3) is 2.98. The van der Waals surface area contributed by atoms with Crippen molar-refractivity contribution in [3.05, 3.63) is 23.5 Å². The molecule has 0 aliphatic rings. The summed E-state index contributed by atoms with van der Waals surface area (Å²) in [5.41, 5.74) is 4.48. The van der Waals surface area contributed by atoms with E-state index in [0.717, 1.165) is 5.69 Å². The maximum atomic E-state index is 12.4. The van der Waals surface area contributed by atoms with Crippen LogP contribution in [-0.4, -0.2) is 28.9 Å². The summed E-state index contributed by atoms with van der Waals surface area (Å²) in [7, 11) is 1.80. The fourth-order valence-electron chi connectivity index (χ4n) is 1.67. The summed E-state index contributed by atoms with van der Waals surface area (Å²) in [5.74, 6) is 5.77. The highest BCUT2D eigenvalue weighted by Gasteiger charge is 2.22. The van der Waals surface area contributed by atoms with E-state index in [1.54, 1.807) is 24.2 Å². The van der Waals surface area contributed by atoms with E-state index in [9.17, 15) is 4.79 Å². The van der Waals surface area contributed by atoms with Crippen LogP contribution in [0.3, 0.4) is 0 Å². The molecule has 0 saturated carbocycles. The lowest BCUT2D eigenvalue weighted by molar-refractivity contribution is 0.0707. The molecule has 1 unspecified atom stereocenters. The van der Waals surface area contributed by atoms with Gasteiger partial charge in [0.1, 0.15) is 0 Å². The smallest absolute Gasteiger partial charge is 0.257 e. The number of nitrogens with one attached hydrogen (secondary N) is 1. The van der Waals surface area contributed by atoms with E-state index >= 15 is 0 Å². The molecule has 1 amide bonds. The van der Waals surface area contributed by atoms with Gasteiger partial charge in [-0.2, -0.15) is 0 Å². The molecule has 5 heteroatoms. The van der Waals surface area contributed by atoms with Gasteiger partial charge in [-0.05, 0) is 25.8 Å². The molecule has 1 atom stereocenters. The number of carbonyl (C=O) groups is 1. The second kappa shape index (κ2) is 5.82. The number of hydrazine groups is 1. The summed E-state index contributed by atoms with van der Waals surface area (Å²) in [4.78, 5) is 18.2. The summed E-state index contributed by atoms with van der Waals surface area (Å²) in [6.45, 7) is 8.06. The Hall–Kier alpha value is -1.62. The molecule has 0 radical (unpaired) electrons. The topological polar surface area (TPSA) is 71.2 Å². The van der Waals surface area contributed by atoms with Crippen LogP contribution in [0.1, 0.15) is 36.8 Å². The van der Waals surface area contributed by atoms with Crippen LogP contribution >= 0.6 is 0 Å². The van der Waals surface area contributed by atoms with Crippen LogP contribution in [0.4, 0.5) is 5.69 Å². The number of rotatable bonds is 4. The molecule has 0 aliphatic heterocycles. The van der Waals surface area contributed by atoms with E-state index in [0.29, 0.717) is 17.2 Å². The second-order valence-electron chi connectivity index (χ2n) is 4.92. The van der Waals surface area contributed by atoms with Gasteiger partial charge >= 0.3 is 0 Å². The average molecular weight is 250 g/mol. The Kier molecular flexibility index (Phi) is 4.67. The SMILES string of the molecule is Cc1cc(NN)c(C(=O)N(C)C(C)C(C)C)cn1. The fourth-order valence-corrected chi connectivity index (χ4v) is 1.67. The van der Waals surface area contributed by atoms with E-state index in [1.807, 2.05) is 13.8 Å². The number of nitrogen functional groups attached to an aromatic ring is 1. The van der Waals surface area contributed by atoms with Crippen molar-refractivity contribution in [3.63, 3.8) is 0 Å². The lowest BCUT2D eigenvalue weighted by Crippen LogP contribution is -2.38. The third-order valence-corrected chi connectivity index (χ3v) is 3.32. The molecule has 0 spiro atoms. The Balaban J connectivity index is 3.03. The summed E-state index contributed by atoms with van der Waals surface area (Å²) >= 11 is 0. The van der Waals surface area contributed by atoms with Gasteiger partial charge in [-0.1, -0.05) is 13.8 Å². The maximum Gasteiger partial charge on any atom is 0.257 e.